The van der Waals surface area contributed by atoms with Gasteiger partial charge in [0, 0.05) is 25.1 Å². The van der Waals surface area contributed by atoms with E-state index in [0.29, 0.717) is 5.02 Å². The molecule has 1 unspecified atom stereocenters. The van der Waals surface area contributed by atoms with E-state index in [0.717, 1.165) is 24.5 Å². The van der Waals surface area contributed by atoms with Crippen molar-refractivity contribution in [1.29, 1.82) is 0 Å². The summed E-state index contributed by atoms with van der Waals surface area (Å²) in [6.45, 7) is 3.02. The molecule has 0 aromatic carbocycles. The Hall–Kier alpha value is -1.43. The van der Waals surface area contributed by atoms with E-state index in [9.17, 15) is 0 Å². The van der Waals surface area contributed by atoms with E-state index in [1.807, 2.05) is 12.3 Å². The van der Waals surface area contributed by atoms with Crippen molar-refractivity contribution >= 4 is 11.6 Å². The number of halogens is 1. The van der Waals surface area contributed by atoms with E-state index in [1.165, 1.54) is 0 Å². The number of aromatic nitrogens is 3. The molecule has 2 rings (SSSR count). The van der Waals surface area contributed by atoms with Gasteiger partial charge in [-0.2, -0.15) is 0 Å². The molecule has 0 aliphatic heterocycles. The molecule has 0 aliphatic carbocycles. The molecule has 2 heterocycles. The van der Waals surface area contributed by atoms with Gasteiger partial charge in [-0.25, -0.2) is 10.4 Å². The third kappa shape index (κ3) is 2.69. The highest BCUT2D eigenvalue weighted by molar-refractivity contribution is 6.30. The average molecular weight is 266 g/mol. The first-order valence-electron chi connectivity index (χ1n) is 5.85. The van der Waals surface area contributed by atoms with Gasteiger partial charge < -0.3 is 4.57 Å². The lowest BCUT2D eigenvalue weighted by Gasteiger charge is -2.16. The van der Waals surface area contributed by atoms with Crippen molar-refractivity contribution in [3.8, 4) is 0 Å². The number of imidazole rings is 1. The summed E-state index contributed by atoms with van der Waals surface area (Å²) in [5.41, 5.74) is 3.55. The number of pyridine rings is 1. The summed E-state index contributed by atoms with van der Waals surface area (Å²) >= 11 is 5.83. The van der Waals surface area contributed by atoms with Gasteiger partial charge in [-0.3, -0.25) is 10.8 Å². The summed E-state index contributed by atoms with van der Waals surface area (Å²) in [4.78, 5) is 8.63. The Balaban J connectivity index is 2.32. The predicted octanol–water partition coefficient (Wildman–Crippen LogP) is 1.89. The van der Waals surface area contributed by atoms with Crippen LogP contribution in [0.15, 0.2) is 30.7 Å². The van der Waals surface area contributed by atoms with Crippen LogP contribution in [0.4, 0.5) is 0 Å². The Morgan fingerprint density at radius 1 is 1.44 bits per heavy atom. The summed E-state index contributed by atoms with van der Waals surface area (Å²) < 4.78 is 2.07. The molecule has 0 amide bonds. The lowest BCUT2D eigenvalue weighted by atomic mass is 10.2. The van der Waals surface area contributed by atoms with Gasteiger partial charge in [0.15, 0.2) is 0 Å². The second kappa shape index (κ2) is 5.95. The van der Waals surface area contributed by atoms with Gasteiger partial charge in [0.05, 0.1) is 10.7 Å². The van der Waals surface area contributed by atoms with Crippen LogP contribution in [0, 0.1) is 0 Å². The molecule has 0 saturated carbocycles. The Bertz CT molecular complexity index is 493. The van der Waals surface area contributed by atoms with Gasteiger partial charge in [0.25, 0.3) is 0 Å². The molecular formula is C12H16ClN5. The first kappa shape index (κ1) is 13.0. The quantitative estimate of drug-likeness (QED) is 0.640. The maximum absolute atomic E-state index is 5.83. The fourth-order valence-electron chi connectivity index (χ4n) is 1.86. The van der Waals surface area contributed by atoms with Gasteiger partial charge in [-0.15, -0.1) is 0 Å². The fraction of sp³-hybridized carbons (Fsp3) is 0.333. The van der Waals surface area contributed by atoms with Crippen molar-refractivity contribution in [2.75, 3.05) is 0 Å². The largest absolute Gasteiger partial charge is 0.333 e. The second-order valence-electron chi connectivity index (χ2n) is 3.98. The fourth-order valence-corrected chi connectivity index (χ4v) is 1.97. The molecule has 18 heavy (non-hydrogen) atoms. The second-order valence-corrected chi connectivity index (χ2v) is 4.42. The van der Waals surface area contributed by atoms with Crippen LogP contribution in [0.1, 0.15) is 30.9 Å². The highest BCUT2D eigenvalue weighted by atomic mass is 35.5. The van der Waals surface area contributed by atoms with Crippen LogP contribution < -0.4 is 11.3 Å². The molecule has 1 atom stereocenters. The Kier molecular flexibility index (Phi) is 4.30. The zero-order valence-electron chi connectivity index (χ0n) is 10.2. The van der Waals surface area contributed by atoms with Crippen LogP contribution in [-0.2, 0) is 6.54 Å². The van der Waals surface area contributed by atoms with Crippen molar-refractivity contribution in [2.24, 2.45) is 5.84 Å². The normalized spacial score (nSPS) is 12.6. The van der Waals surface area contributed by atoms with Crippen molar-refractivity contribution in [2.45, 2.75) is 25.9 Å². The number of nitrogens with zero attached hydrogens (tertiary/aromatic N) is 3. The van der Waals surface area contributed by atoms with Gasteiger partial charge in [0.2, 0.25) is 0 Å². The van der Waals surface area contributed by atoms with Crippen molar-refractivity contribution in [3.05, 3.63) is 47.3 Å². The number of aryl methyl sites for hydroxylation is 1. The first-order valence-corrected chi connectivity index (χ1v) is 6.22. The van der Waals surface area contributed by atoms with E-state index >= 15 is 0 Å². The highest BCUT2D eigenvalue weighted by Gasteiger charge is 2.18. The Labute approximate surface area is 111 Å². The monoisotopic (exact) mass is 265 g/mol. The van der Waals surface area contributed by atoms with E-state index < -0.39 is 0 Å². The molecule has 0 bridgehead atoms. The van der Waals surface area contributed by atoms with E-state index in [-0.39, 0.29) is 6.04 Å². The summed E-state index contributed by atoms with van der Waals surface area (Å²) in [5, 5.41) is 0.603. The third-order valence-electron chi connectivity index (χ3n) is 2.68. The van der Waals surface area contributed by atoms with Crippen LogP contribution >= 0.6 is 11.6 Å². The van der Waals surface area contributed by atoms with Crippen molar-refractivity contribution < 1.29 is 0 Å². The molecule has 0 spiro atoms. The number of nitrogens with two attached hydrogens (primary N) is 1. The third-order valence-corrected chi connectivity index (χ3v) is 2.91. The number of rotatable bonds is 5. The van der Waals surface area contributed by atoms with Crippen LogP contribution in [-0.4, -0.2) is 14.5 Å². The molecule has 0 aliphatic rings. The van der Waals surface area contributed by atoms with Gasteiger partial charge >= 0.3 is 0 Å². The lowest BCUT2D eigenvalue weighted by Crippen LogP contribution is -2.31. The molecule has 3 N–H and O–H groups in total. The minimum absolute atomic E-state index is 0.233. The summed E-state index contributed by atoms with van der Waals surface area (Å²) in [6, 6.07) is 3.41. The zero-order chi connectivity index (χ0) is 13.0. The summed E-state index contributed by atoms with van der Waals surface area (Å²) in [7, 11) is 0. The number of hydrogen-bond donors (Lipinski definition) is 2. The van der Waals surface area contributed by atoms with Gasteiger partial charge in [-0.05, 0) is 18.6 Å². The lowest BCUT2D eigenvalue weighted by molar-refractivity contribution is 0.536. The van der Waals surface area contributed by atoms with Crippen molar-refractivity contribution in [1.82, 2.24) is 20.0 Å². The standard InChI is InChI=1S/C12H16ClN5/c1-2-6-18-7-5-15-12(18)11(17-14)10-4-3-9(13)8-16-10/h3-5,7-8,11,17H,2,6,14H2,1H3. The number of hydrogen-bond acceptors (Lipinski definition) is 4. The van der Waals surface area contributed by atoms with E-state index in [4.69, 9.17) is 17.4 Å². The SMILES string of the molecule is CCCn1ccnc1C(NN)c1ccc(Cl)cn1. The summed E-state index contributed by atoms with van der Waals surface area (Å²) in [5.74, 6) is 6.48. The van der Waals surface area contributed by atoms with Crippen molar-refractivity contribution in [3.63, 3.8) is 0 Å². The molecule has 2 aromatic heterocycles. The van der Waals surface area contributed by atoms with Gasteiger partial charge in [-0.1, -0.05) is 18.5 Å². The van der Waals surface area contributed by atoms with Crippen LogP contribution in [0.3, 0.4) is 0 Å². The minimum atomic E-state index is -0.233. The maximum atomic E-state index is 5.83. The Morgan fingerprint density at radius 3 is 2.89 bits per heavy atom. The molecule has 5 nitrogen and oxygen atoms in total. The highest BCUT2D eigenvalue weighted by Crippen LogP contribution is 2.19. The smallest absolute Gasteiger partial charge is 0.133 e. The predicted molar refractivity (Wildman–Crippen MR) is 70.9 cm³/mol. The molecule has 0 fully saturated rings. The minimum Gasteiger partial charge on any atom is -0.333 e. The zero-order valence-corrected chi connectivity index (χ0v) is 10.9. The van der Waals surface area contributed by atoms with Crippen LogP contribution in [0.25, 0.3) is 0 Å². The topological polar surface area (TPSA) is 68.8 Å². The van der Waals surface area contributed by atoms with E-state index in [1.54, 1.807) is 18.5 Å². The van der Waals surface area contributed by atoms with Crippen LogP contribution in [0.2, 0.25) is 5.02 Å². The molecule has 2 aromatic rings. The number of hydrazine groups is 1. The first-order chi connectivity index (χ1) is 8.76. The average Bonchev–Trinajstić information content (AvgIpc) is 2.82. The maximum Gasteiger partial charge on any atom is 0.133 e. The van der Waals surface area contributed by atoms with E-state index in [2.05, 4.69) is 26.9 Å². The molecule has 6 heteroatoms. The van der Waals surface area contributed by atoms with Gasteiger partial charge in [0.1, 0.15) is 11.9 Å². The molecule has 0 saturated heterocycles. The molecule has 96 valence electrons. The molecular weight excluding hydrogens is 250 g/mol. The number of nitrogens with one attached hydrogen (secondary N) is 1. The van der Waals surface area contributed by atoms with Crippen LogP contribution in [0.5, 0.6) is 0 Å². The molecule has 0 radical (unpaired) electrons. The Morgan fingerprint density at radius 2 is 2.28 bits per heavy atom. The summed E-state index contributed by atoms with van der Waals surface area (Å²) in [6.07, 6.45) is 6.35.